The second-order valence-corrected chi connectivity index (χ2v) is 7.69. The summed E-state index contributed by atoms with van der Waals surface area (Å²) in [5, 5.41) is 11.1. The maximum Gasteiger partial charge on any atom is 0.416 e. The average molecular weight is 488 g/mol. The SMILES string of the molecule is CCOc1nnc(-c2cc(NC(=O)c3cc(C(F)(F)F)ccn3)cnc2C)cc1N1CCOCC1. The Kier molecular flexibility index (Phi) is 7.10. The van der Waals surface area contributed by atoms with E-state index in [0.717, 1.165) is 18.0 Å². The molecule has 1 N–H and O–H groups in total. The van der Waals surface area contributed by atoms with Crippen molar-refractivity contribution < 1.29 is 27.4 Å². The van der Waals surface area contributed by atoms with Gasteiger partial charge in [0.2, 0.25) is 0 Å². The number of morpholine rings is 1. The number of nitrogens with one attached hydrogen (secondary N) is 1. The summed E-state index contributed by atoms with van der Waals surface area (Å²) in [6.45, 7) is 6.56. The van der Waals surface area contributed by atoms with E-state index in [-0.39, 0.29) is 11.4 Å². The van der Waals surface area contributed by atoms with Gasteiger partial charge in [-0.2, -0.15) is 13.2 Å². The van der Waals surface area contributed by atoms with E-state index in [4.69, 9.17) is 9.47 Å². The summed E-state index contributed by atoms with van der Waals surface area (Å²) in [5.74, 6) is -0.386. The number of halogens is 3. The van der Waals surface area contributed by atoms with Crippen LogP contribution >= 0.6 is 0 Å². The minimum absolute atomic E-state index is 0.276. The van der Waals surface area contributed by atoms with Gasteiger partial charge in [0.1, 0.15) is 11.4 Å². The molecule has 3 aromatic heterocycles. The second kappa shape index (κ2) is 10.2. The average Bonchev–Trinajstić information content (AvgIpc) is 2.86. The minimum atomic E-state index is -4.58. The first-order chi connectivity index (χ1) is 16.8. The summed E-state index contributed by atoms with van der Waals surface area (Å²) >= 11 is 0. The fraction of sp³-hybridized carbons (Fsp3) is 0.348. The van der Waals surface area contributed by atoms with Crippen LogP contribution in [0.5, 0.6) is 5.88 Å². The van der Waals surface area contributed by atoms with Crippen molar-refractivity contribution in [2.45, 2.75) is 20.0 Å². The number of pyridine rings is 2. The standard InChI is InChI=1S/C23H23F3N6O3/c1-3-35-22-20(32-6-8-34-9-7-32)12-18(30-31-22)17-11-16(13-28-14(17)2)29-21(33)19-10-15(4-5-27-19)23(24,25)26/h4-5,10-13H,3,6-9H2,1-2H3,(H,29,33). The fourth-order valence-corrected chi connectivity index (χ4v) is 3.56. The van der Waals surface area contributed by atoms with Crippen molar-refractivity contribution in [3.8, 4) is 17.1 Å². The fourth-order valence-electron chi connectivity index (χ4n) is 3.56. The topological polar surface area (TPSA) is 102 Å². The van der Waals surface area contributed by atoms with Gasteiger partial charge in [0, 0.05) is 30.5 Å². The van der Waals surface area contributed by atoms with Crippen LogP contribution in [0, 0.1) is 6.92 Å². The highest BCUT2D eigenvalue weighted by molar-refractivity contribution is 6.03. The molecule has 0 spiro atoms. The zero-order chi connectivity index (χ0) is 25.0. The number of rotatable bonds is 6. The molecule has 0 aromatic carbocycles. The lowest BCUT2D eigenvalue weighted by molar-refractivity contribution is -0.137. The van der Waals surface area contributed by atoms with E-state index < -0.39 is 17.6 Å². The van der Waals surface area contributed by atoms with E-state index >= 15 is 0 Å². The number of ether oxygens (including phenoxy) is 2. The molecule has 0 saturated carbocycles. The molecule has 35 heavy (non-hydrogen) atoms. The summed E-state index contributed by atoms with van der Waals surface area (Å²) in [6, 6.07) is 4.98. The molecule has 4 rings (SSSR count). The Morgan fingerprint density at radius 3 is 2.66 bits per heavy atom. The molecule has 1 aliphatic rings. The van der Waals surface area contributed by atoms with Gasteiger partial charge < -0.3 is 19.7 Å². The second-order valence-electron chi connectivity index (χ2n) is 7.69. The van der Waals surface area contributed by atoms with Crippen molar-refractivity contribution in [3.63, 3.8) is 0 Å². The number of nitrogens with zero attached hydrogens (tertiary/aromatic N) is 5. The highest BCUT2D eigenvalue weighted by Gasteiger charge is 2.31. The summed E-state index contributed by atoms with van der Waals surface area (Å²) in [5.41, 5.74) is 1.46. The van der Waals surface area contributed by atoms with Crippen molar-refractivity contribution in [2.75, 3.05) is 43.1 Å². The van der Waals surface area contributed by atoms with Gasteiger partial charge in [-0.15, -0.1) is 10.2 Å². The number of aromatic nitrogens is 4. The molecule has 0 unspecified atom stereocenters. The van der Waals surface area contributed by atoms with E-state index in [1.807, 2.05) is 13.0 Å². The number of hydrogen-bond acceptors (Lipinski definition) is 8. The molecule has 1 fully saturated rings. The predicted molar refractivity (Wildman–Crippen MR) is 121 cm³/mol. The quantitative estimate of drug-likeness (QED) is 0.560. The maximum absolute atomic E-state index is 13.0. The molecule has 0 radical (unpaired) electrons. The van der Waals surface area contributed by atoms with E-state index in [1.54, 1.807) is 13.0 Å². The van der Waals surface area contributed by atoms with Crippen molar-refractivity contribution >= 4 is 17.3 Å². The molecule has 9 nitrogen and oxygen atoms in total. The van der Waals surface area contributed by atoms with E-state index in [2.05, 4.69) is 30.4 Å². The van der Waals surface area contributed by atoms with Crippen LogP contribution in [0.1, 0.15) is 28.7 Å². The third-order valence-corrected chi connectivity index (χ3v) is 5.31. The Bertz CT molecular complexity index is 1220. The van der Waals surface area contributed by atoms with Gasteiger partial charge in [-0.05, 0) is 38.1 Å². The number of amides is 1. The molecule has 4 heterocycles. The number of alkyl halides is 3. The van der Waals surface area contributed by atoms with E-state index in [1.165, 1.54) is 6.20 Å². The number of carbonyl (C=O) groups excluding carboxylic acids is 1. The zero-order valence-electron chi connectivity index (χ0n) is 19.1. The van der Waals surface area contributed by atoms with Crippen molar-refractivity contribution in [2.24, 2.45) is 0 Å². The first kappa shape index (κ1) is 24.3. The summed E-state index contributed by atoms with van der Waals surface area (Å²) in [6.07, 6.45) is -2.23. The van der Waals surface area contributed by atoms with Crippen LogP contribution in [0.25, 0.3) is 11.3 Å². The number of anilines is 2. The molecular formula is C23H23F3N6O3. The smallest absolute Gasteiger partial charge is 0.416 e. The largest absolute Gasteiger partial charge is 0.475 e. The molecule has 0 aliphatic carbocycles. The van der Waals surface area contributed by atoms with Gasteiger partial charge in [0.05, 0.1) is 43.0 Å². The van der Waals surface area contributed by atoms with Crippen LogP contribution in [0.4, 0.5) is 24.5 Å². The van der Waals surface area contributed by atoms with Crippen LogP contribution in [0.2, 0.25) is 0 Å². The monoisotopic (exact) mass is 488 g/mol. The van der Waals surface area contributed by atoms with E-state index in [0.29, 0.717) is 61.8 Å². The lowest BCUT2D eigenvalue weighted by Gasteiger charge is -2.29. The van der Waals surface area contributed by atoms with Gasteiger partial charge >= 0.3 is 6.18 Å². The first-order valence-electron chi connectivity index (χ1n) is 10.9. The van der Waals surface area contributed by atoms with Gasteiger partial charge in [-0.1, -0.05) is 0 Å². The summed E-state index contributed by atoms with van der Waals surface area (Å²) < 4.78 is 50.0. The zero-order valence-corrected chi connectivity index (χ0v) is 19.1. The first-order valence-corrected chi connectivity index (χ1v) is 10.9. The normalized spacial score (nSPS) is 14.0. The molecule has 1 saturated heterocycles. The van der Waals surface area contributed by atoms with Gasteiger partial charge in [-0.25, -0.2) is 0 Å². The molecule has 12 heteroatoms. The lowest BCUT2D eigenvalue weighted by atomic mass is 10.1. The lowest BCUT2D eigenvalue weighted by Crippen LogP contribution is -2.36. The Labute approximate surface area is 199 Å². The van der Waals surface area contributed by atoms with Gasteiger partial charge in [-0.3, -0.25) is 14.8 Å². The van der Waals surface area contributed by atoms with Crippen LogP contribution in [0.15, 0.2) is 36.7 Å². The minimum Gasteiger partial charge on any atom is -0.475 e. The molecule has 3 aromatic rings. The summed E-state index contributed by atoms with van der Waals surface area (Å²) in [4.78, 5) is 22.7. The van der Waals surface area contributed by atoms with Crippen LogP contribution < -0.4 is 15.0 Å². The third kappa shape index (κ3) is 5.65. The molecule has 0 atom stereocenters. The highest BCUT2D eigenvalue weighted by Crippen LogP contribution is 2.32. The van der Waals surface area contributed by atoms with Crippen LogP contribution in [-0.2, 0) is 10.9 Å². The van der Waals surface area contributed by atoms with Gasteiger partial charge in [0.25, 0.3) is 11.8 Å². The number of hydrogen-bond donors (Lipinski definition) is 1. The molecule has 1 amide bonds. The maximum atomic E-state index is 13.0. The predicted octanol–water partition coefficient (Wildman–Crippen LogP) is 3.75. The van der Waals surface area contributed by atoms with Crippen molar-refractivity contribution in [1.29, 1.82) is 0 Å². The summed E-state index contributed by atoms with van der Waals surface area (Å²) in [7, 11) is 0. The Morgan fingerprint density at radius 2 is 1.94 bits per heavy atom. The van der Waals surface area contributed by atoms with E-state index in [9.17, 15) is 18.0 Å². The van der Waals surface area contributed by atoms with Crippen LogP contribution in [-0.4, -0.2) is 59.0 Å². The molecule has 0 bridgehead atoms. The van der Waals surface area contributed by atoms with Crippen LogP contribution in [0.3, 0.4) is 0 Å². The molecular weight excluding hydrogens is 465 g/mol. The number of aryl methyl sites for hydroxylation is 1. The van der Waals surface area contributed by atoms with Crippen molar-refractivity contribution in [1.82, 2.24) is 20.2 Å². The number of carbonyl (C=O) groups is 1. The third-order valence-electron chi connectivity index (χ3n) is 5.31. The van der Waals surface area contributed by atoms with Gasteiger partial charge in [0.15, 0.2) is 0 Å². The Balaban J connectivity index is 1.63. The Morgan fingerprint density at radius 1 is 1.17 bits per heavy atom. The van der Waals surface area contributed by atoms with Crippen molar-refractivity contribution in [3.05, 3.63) is 53.6 Å². The Hall–Kier alpha value is -3.80. The molecule has 1 aliphatic heterocycles. The molecule has 184 valence electrons. The highest BCUT2D eigenvalue weighted by atomic mass is 19.4.